The number of nitrogens with one attached hydrogen (secondary N) is 3. The summed E-state index contributed by atoms with van der Waals surface area (Å²) in [6, 6.07) is 7.24. The number of carbonyl (C=O) groups excluding carboxylic acids is 2. The molecule has 0 fully saturated rings. The Hall–Kier alpha value is -3.44. The number of amidine groups is 1. The average molecular weight is 493 g/mol. The highest BCUT2D eigenvalue weighted by Crippen LogP contribution is 2.14. The van der Waals surface area contributed by atoms with E-state index in [0.717, 1.165) is 36.8 Å². The monoisotopic (exact) mass is 492 g/mol. The highest BCUT2D eigenvalue weighted by Gasteiger charge is 2.17. The first kappa shape index (κ1) is 28.6. The lowest BCUT2D eigenvalue weighted by molar-refractivity contribution is -0.118. The Balaban J connectivity index is 2.35. The Morgan fingerprint density at radius 2 is 1.94 bits per heavy atom. The van der Waals surface area contributed by atoms with E-state index in [0.29, 0.717) is 19.6 Å². The van der Waals surface area contributed by atoms with Crippen LogP contribution in [0.4, 0.5) is 0 Å². The summed E-state index contributed by atoms with van der Waals surface area (Å²) in [5, 5.41) is 12.9. The largest absolute Gasteiger partial charge is 0.494 e. The van der Waals surface area contributed by atoms with Gasteiger partial charge in [-0.25, -0.2) is 4.99 Å². The molecule has 0 aromatic heterocycles. The number of halogens is 1. The standard InChI is InChI=1S/C22H33ClN8O3/c1-14(32)17(25)10-12-34-16-8-6-15(7-9-16)5-3-4-11-29-22(27)31-21(33)19(20(26)28-2)30-18(23)13-24/h6-9,13,17H,3-5,10-12,24-25H2,1-2H3,(H2,26,28)(H3,27,29,31,33)/b18-13+,30-19+. The molecular formula is C22H33ClN8O3. The zero-order chi connectivity index (χ0) is 25.5. The molecule has 9 N–H and O–H groups in total. The molecule has 1 aromatic carbocycles. The maximum atomic E-state index is 12.3. The molecule has 1 unspecified atom stereocenters. The van der Waals surface area contributed by atoms with Crippen molar-refractivity contribution in [2.45, 2.75) is 38.6 Å². The average Bonchev–Trinajstić information content (AvgIpc) is 2.82. The number of ether oxygens (including phenoxy) is 1. The number of Topliss-reactive ketones (excluding diaryl/α,β-unsaturated/α-hetero) is 1. The lowest BCUT2D eigenvalue weighted by Gasteiger charge is -2.11. The smallest absolute Gasteiger partial charge is 0.280 e. The summed E-state index contributed by atoms with van der Waals surface area (Å²) in [6.45, 7) is 2.34. The minimum Gasteiger partial charge on any atom is -0.494 e. The fourth-order valence-electron chi connectivity index (χ4n) is 2.62. The van der Waals surface area contributed by atoms with Crippen molar-refractivity contribution in [3.8, 4) is 5.75 Å². The molecule has 0 bridgehead atoms. The first-order valence-corrected chi connectivity index (χ1v) is 11.1. The highest BCUT2D eigenvalue weighted by atomic mass is 35.5. The zero-order valence-corrected chi connectivity index (χ0v) is 20.2. The second kappa shape index (κ2) is 15.4. The molecule has 0 spiro atoms. The van der Waals surface area contributed by atoms with Crippen LogP contribution in [0.15, 0.2) is 45.6 Å². The SMILES string of the molecule is C\N=C(N)/C(=N\C(Cl)=C\N)C(=O)NC(=N)NCCCCc1ccc(OCCC(N)C(C)=O)cc1. The molecule has 0 aliphatic carbocycles. The summed E-state index contributed by atoms with van der Waals surface area (Å²) in [7, 11) is 1.40. The summed E-state index contributed by atoms with van der Waals surface area (Å²) in [4.78, 5) is 30.9. The second-order valence-electron chi connectivity index (χ2n) is 7.27. The number of aryl methyl sites for hydroxylation is 1. The van der Waals surface area contributed by atoms with Gasteiger partial charge in [0.05, 0.1) is 12.6 Å². The van der Waals surface area contributed by atoms with Crippen LogP contribution in [0.1, 0.15) is 31.7 Å². The van der Waals surface area contributed by atoms with E-state index in [4.69, 9.17) is 38.9 Å². The van der Waals surface area contributed by atoms with E-state index in [2.05, 4.69) is 20.6 Å². The molecule has 34 heavy (non-hydrogen) atoms. The molecule has 1 atom stereocenters. The molecule has 11 nitrogen and oxygen atoms in total. The van der Waals surface area contributed by atoms with Crippen molar-refractivity contribution >= 4 is 40.8 Å². The predicted molar refractivity (Wildman–Crippen MR) is 135 cm³/mol. The minimum atomic E-state index is -0.730. The number of unbranched alkanes of at least 4 members (excludes halogenated alkanes) is 1. The van der Waals surface area contributed by atoms with Crippen molar-refractivity contribution in [1.82, 2.24) is 10.6 Å². The number of guanidine groups is 1. The number of rotatable bonds is 13. The number of benzene rings is 1. The number of nitrogens with two attached hydrogens (primary N) is 3. The van der Waals surface area contributed by atoms with Crippen LogP contribution in [0, 0.1) is 5.41 Å². The number of amides is 1. The number of nitrogens with zero attached hydrogens (tertiary/aromatic N) is 2. The number of hydrogen-bond donors (Lipinski definition) is 6. The van der Waals surface area contributed by atoms with Gasteiger partial charge in [-0.2, -0.15) is 0 Å². The Morgan fingerprint density at radius 1 is 1.26 bits per heavy atom. The molecule has 0 saturated carbocycles. The van der Waals surface area contributed by atoms with Crippen LogP contribution >= 0.6 is 11.6 Å². The fourth-order valence-corrected chi connectivity index (χ4v) is 2.70. The third-order valence-electron chi connectivity index (χ3n) is 4.63. The maximum absolute atomic E-state index is 12.3. The molecular weight excluding hydrogens is 460 g/mol. The molecule has 0 heterocycles. The molecule has 0 aliphatic rings. The van der Waals surface area contributed by atoms with Crippen LogP contribution in [0.5, 0.6) is 5.75 Å². The third-order valence-corrected chi connectivity index (χ3v) is 4.84. The molecule has 0 radical (unpaired) electrons. The van der Waals surface area contributed by atoms with Crippen molar-refractivity contribution in [3.05, 3.63) is 41.2 Å². The van der Waals surface area contributed by atoms with Gasteiger partial charge >= 0.3 is 0 Å². The fraction of sp³-hybridized carbons (Fsp3) is 0.409. The minimum absolute atomic E-state index is 0.0509. The Bertz CT molecular complexity index is 929. The van der Waals surface area contributed by atoms with E-state index >= 15 is 0 Å². The van der Waals surface area contributed by atoms with Gasteiger partial charge in [0.15, 0.2) is 11.7 Å². The molecule has 0 aliphatic heterocycles. The molecule has 186 valence electrons. The number of hydrogen-bond acceptors (Lipinski definition) is 8. The highest BCUT2D eigenvalue weighted by molar-refractivity contribution is 6.67. The van der Waals surface area contributed by atoms with E-state index in [1.807, 2.05) is 24.3 Å². The lowest BCUT2D eigenvalue weighted by atomic mass is 10.1. The number of carbonyl (C=O) groups is 2. The molecule has 1 aromatic rings. The summed E-state index contributed by atoms with van der Waals surface area (Å²) in [6.07, 6.45) is 3.99. The van der Waals surface area contributed by atoms with E-state index in [1.165, 1.54) is 14.0 Å². The molecule has 0 saturated heterocycles. The summed E-state index contributed by atoms with van der Waals surface area (Å²) in [5.41, 5.74) is 17.5. The van der Waals surface area contributed by atoms with Crippen LogP contribution in [-0.2, 0) is 16.0 Å². The number of ketones is 1. The van der Waals surface area contributed by atoms with Crippen molar-refractivity contribution in [3.63, 3.8) is 0 Å². The van der Waals surface area contributed by atoms with E-state index in [9.17, 15) is 9.59 Å². The van der Waals surface area contributed by atoms with E-state index in [1.54, 1.807) is 0 Å². The summed E-state index contributed by atoms with van der Waals surface area (Å²) < 4.78 is 5.61. The van der Waals surface area contributed by atoms with Gasteiger partial charge in [-0.3, -0.25) is 25.3 Å². The molecule has 1 amide bonds. The van der Waals surface area contributed by atoms with Crippen LogP contribution in [0.2, 0.25) is 0 Å². The molecule has 12 heteroatoms. The van der Waals surface area contributed by atoms with E-state index in [-0.39, 0.29) is 28.4 Å². The number of aliphatic imine (C=N–C) groups is 2. The van der Waals surface area contributed by atoms with Gasteiger partial charge in [0.1, 0.15) is 22.5 Å². The zero-order valence-electron chi connectivity index (χ0n) is 19.4. The van der Waals surface area contributed by atoms with Crippen molar-refractivity contribution in [2.24, 2.45) is 27.2 Å². The van der Waals surface area contributed by atoms with Gasteiger partial charge in [0.25, 0.3) is 5.91 Å². The van der Waals surface area contributed by atoms with E-state index < -0.39 is 11.9 Å². The van der Waals surface area contributed by atoms with Crippen LogP contribution < -0.4 is 32.6 Å². The maximum Gasteiger partial charge on any atom is 0.280 e. The van der Waals surface area contributed by atoms with Crippen molar-refractivity contribution in [1.29, 1.82) is 5.41 Å². The normalized spacial score (nSPS) is 13.2. The summed E-state index contributed by atoms with van der Waals surface area (Å²) in [5.74, 6) is -0.386. The van der Waals surface area contributed by atoms with Crippen molar-refractivity contribution < 1.29 is 14.3 Å². The summed E-state index contributed by atoms with van der Waals surface area (Å²) >= 11 is 5.73. The topological polar surface area (TPSA) is 194 Å². The van der Waals surface area contributed by atoms with Gasteiger partial charge in [-0.1, -0.05) is 23.7 Å². The van der Waals surface area contributed by atoms with Gasteiger partial charge < -0.3 is 27.3 Å². The lowest BCUT2D eigenvalue weighted by Crippen LogP contribution is -2.47. The van der Waals surface area contributed by atoms with Crippen LogP contribution in [0.3, 0.4) is 0 Å². The Kier molecular flexibility index (Phi) is 13.0. The molecule has 1 rings (SSSR count). The third kappa shape index (κ3) is 10.9. The van der Waals surface area contributed by atoms with Gasteiger partial charge in [0, 0.05) is 26.2 Å². The van der Waals surface area contributed by atoms with Gasteiger partial charge in [0.2, 0.25) is 0 Å². The quantitative estimate of drug-likeness (QED) is 0.101. The predicted octanol–water partition coefficient (Wildman–Crippen LogP) is 0.759. The first-order valence-electron chi connectivity index (χ1n) is 10.7. The van der Waals surface area contributed by atoms with Gasteiger partial charge in [-0.15, -0.1) is 0 Å². The van der Waals surface area contributed by atoms with Crippen LogP contribution in [-0.4, -0.2) is 55.4 Å². The van der Waals surface area contributed by atoms with Crippen LogP contribution in [0.25, 0.3) is 0 Å². The van der Waals surface area contributed by atoms with Crippen molar-refractivity contribution in [2.75, 3.05) is 20.2 Å². The first-order chi connectivity index (χ1) is 16.2. The Morgan fingerprint density at radius 3 is 2.53 bits per heavy atom. The second-order valence-corrected chi connectivity index (χ2v) is 7.66. The van der Waals surface area contributed by atoms with Gasteiger partial charge in [-0.05, 0) is 43.9 Å². The Labute approximate surface area is 204 Å².